The van der Waals surface area contributed by atoms with Gasteiger partial charge < -0.3 is 40.3 Å². The Hall–Kier alpha value is -2.89. The Morgan fingerprint density at radius 2 is 0.886 bits per heavy atom. The largest absolute Gasteiger partial charge is 0.394 e. The highest BCUT2D eigenvalue weighted by molar-refractivity contribution is 5.76. The maximum absolute atomic E-state index is 13.1. The summed E-state index contributed by atoms with van der Waals surface area (Å²) in [5, 5.41) is 54.6. The summed E-state index contributed by atoms with van der Waals surface area (Å²) < 4.78 is 11.3. The van der Waals surface area contributed by atoms with Crippen LogP contribution < -0.4 is 5.32 Å². The van der Waals surface area contributed by atoms with Crippen molar-refractivity contribution in [1.29, 1.82) is 0 Å². The number of rotatable bonds is 47. The van der Waals surface area contributed by atoms with Crippen LogP contribution in [0.3, 0.4) is 0 Å². The number of carbonyl (C=O) groups excluding carboxylic acids is 1. The molecule has 6 N–H and O–H groups in total. The number of unbranched alkanes of at least 4 members (excludes halogenated alkanes) is 21. The van der Waals surface area contributed by atoms with Gasteiger partial charge in [-0.05, 0) is 77.0 Å². The van der Waals surface area contributed by atoms with E-state index in [0.717, 1.165) is 103 Å². The summed E-state index contributed by atoms with van der Waals surface area (Å²) in [6.45, 7) is 3.71. The van der Waals surface area contributed by atoms with E-state index in [0.29, 0.717) is 12.8 Å². The molecule has 7 unspecified atom stereocenters. The van der Waals surface area contributed by atoms with Crippen LogP contribution >= 0.6 is 0 Å². The third-order valence-corrected chi connectivity index (χ3v) is 13.0. The first kappa shape index (κ1) is 65.1. The van der Waals surface area contributed by atoms with Gasteiger partial charge in [-0.25, -0.2) is 0 Å². The minimum atomic E-state index is -1.56. The molecule has 1 heterocycles. The van der Waals surface area contributed by atoms with Gasteiger partial charge in [-0.15, -0.1) is 0 Å². The molecule has 7 atom stereocenters. The monoisotopic (exact) mass is 980 g/mol. The van der Waals surface area contributed by atoms with Crippen LogP contribution in [0, 0.1) is 0 Å². The summed E-state index contributed by atoms with van der Waals surface area (Å²) in [7, 11) is 0. The van der Waals surface area contributed by atoms with E-state index < -0.39 is 49.5 Å². The van der Waals surface area contributed by atoms with Crippen LogP contribution in [0.1, 0.15) is 226 Å². The van der Waals surface area contributed by atoms with E-state index in [1.807, 2.05) is 0 Å². The molecule has 1 aliphatic heterocycles. The topological polar surface area (TPSA) is 149 Å². The van der Waals surface area contributed by atoms with Crippen molar-refractivity contribution in [2.24, 2.45) is 0 Å². The maximum atomic E-state index is 13.1. The fourth-order valence-electron chi connectivity index (χ4n) is 8.47. The zero-order valence-corrected chi connectivity index (χ0v) is 44.5. The van der Waals surface area contributed by atoms with E-state index in [2.05, 4.69) is 116 Å². The fraction of sp³-hybridized carbons (Fsp3) is 0.721. The Labute approximate surface area is 428 Å². The first-order valence-corrected chi connectivity index (χ1v) is 28.4. The van der Waals surface area contributed by atoms with Crippen molar-refractivity contribution in [3.05, 3.63) is 97.2 Å². The minimum Gasteiger partial charge on any atom is -0.394 e. The molecule has 0 bridgehead atoms. The van der Waals surface area contributed by atoms with E-state index in [9.17, 15) is 30.3 Å². The first-order valence-electron chi connectivity index (χ1n) is 28.4. The van der Waals surface area contributed by atoms with E-state index in [4.69, 9.17) is 9.47 Å². The van der Waals surface area contributed by atoms with Crippen LogP contribution in [-0.2, 0) is 14.3 Å². The lowest BCUT2D eigenvalue weighted by Crippen LogP contribution is -2.60. The highest BCUT2D eigenvalue weighted by Crippen LogP contribution is 2.23. The van der Waals surface area contributed by atoms with E-state index in [-0.39, 0.29) is 12.5 Å². The second-order valence-corrected chi connectivity index (χ2v) is 19.4. The number of carbonyl (C=O) groups is 1. The average Bonchev–Trinajstić information content (AvgIpc) is 3.36. The molecule has 1 rings (SSSR count). The van der Waals surface area contributed by atoms with Crippen molar-refractivity contribution >= 4 is 5.91 Å². The number of allylic oxidation sites excluding steroid dienone is 16. The minimum absolute atomic E-state index is 0.146. The normalized spacial score (nSPS) is 20.1. The Morgan fingerprint density at radius 1 is 0.500 bits per heavy atom. The lowest BCUT2D eigenvalue weighted by molar-refractivity contribution is -0.302. The molecular formula is C61H105NO8. The van der Waals surface area contributed by atoms with Crippen LogP contribution in [0.2, 0.25) is 0 Å². The van der Waals surface area contributed by atoms with Gasteiger partial charge >= 0.3 is 0 Å². The van der Waals surface area contributed by atoms with Crippen molar-refractivity contribution in [3.63, 3.8) is 0 Å². The molecule has 1 fully saturated rings. The van der Waals surface area contributed by atoms with Crippen LogP contribution in [0.25, 0.3) is 0 Å². The number of ether oxygens (including phenoxy) is 2. The highest BCUT2D eigenvalue weighted by atomic mass is 16.7. The molecule has 0 aromatic carbocycles. The molecule has 0 spiro atoms. The number of nitrogens with one attached hydrogen (secondary N) is 1. The number of hydrogen-bond acceptors (Lipinski definition) is 8. The lowest BCUT2D eigenvalue weighted by Gasteiger charge is -2.40. The van der Waals surface area contributed by atoms with E-state index in [1.54, 1.807) is 0 Å². The molecule has 9 nitrogen and oxygen atoms in total. The lowest BCUT2D eigenvalue weighted by atomic mass is 9.99. The SMILES string of the molecule is CC/C=C\C/C=C\C/C=C\C/C=C\C/C=C\C/C=C\C/C=C\C/C=C\CCCCCCCCCCC(=O)NC(COC1OC(CO)C(O)C(O)C1O)C(O)CCCCCCCCCCCCCCCC. The quantitative estimate of drug-likeness (QED) is 0.0261. The van der Waals surface area contributed by atoms with Crippen LogP contribution in [0.15, 0.2) is 97.2 Å². The van der Waals surface area contributed by atoms with Gasteiger partial charge in [0.2, 0.25) is 5.91 Å². The molecule has 402 valence electrons. The fourth-order valence-corrected chi connectivity index (χ4v) is 8.47. The van der Waals surface area contributed by atoms with Gasteiger partial charge in [-0.1, -0.05) is 239 Å². The van der Waals surface area contributed by atoms with E-state index in [1.165, 1.54) is 96.3 Å². The standard InChI is InChI=1S/C61H105NO8/c1-3-5-7-9-11-13-15-17-19-20-21-22-23-24-25-26-27-28-29-30-31-32-33-34-35-36-37-39-41-43-45-47-49-51-57(65)62-54(53-69-61-60(68)59(67)58(66)56(52-63)70-61)55(64)50-48-46-44-42-40-38-18-16-14-12-10-8-6-4-2/h5,7,11,13,17,19,21-22,24-25,27-28,30-31,33-34,54-56,58-61,63-64,66-68H,3-4,6,8-10,12,14-16,18,20,23,26,29,32,35-53H2,1-2H3,(H,62,65)/b7-5-,13-11-,19-17-,22-21-,25-24-,28-27-,31-30-,34-33-. The molecule has 0 aromatic rings. The van der Waals surface area contributed by atoms with Gasteiger partial charge in [0, 0.05) is 6.42 Å². The molecule has 1 amide bonds. The number of aliphatic hydroxyl groups is 5. The first-order chi connectivity index (χ1) is 34.3. The molecule has 70 heavy (non-hydrogen) atoms. The summed E-state index contributed by atoms with van der Waals surface area (Å²) in [5.74, 6) is -0.157. The Kier molecular flexibility index (Phi) is 46.2. The highest BCUT2D eigenvalue weighted by Gasteiger charge is 2.44. The van der Waals surface area contributed by atoms with Crippen molar-refractivity contribution in [3.8, 4) is 0 Å². The van der Waals surface area contributed by atoms with Gasteiger partial charge in [0.05, 0.1) is 25.4 Å². The maximum Gasteiger partial charge on any atom is 0.220 e. The second kappa shape index (κ2) is 49.7. The summed E-state index contributed by atoms with van der Waals surface area (Å²) >= 11 is 0. The Bertz CT molecular complexity index is 1420. The summed E-state index contributed by atoms with van der Waals surface area (Å²) in [5.41, 5.74) is 0. The van der Waals surface area contributed by atoms with Crippen molar-refractivity contribution in [2.75, 3.05) is 13.2 Å². The van der Waals surface area contributed by atoms with E-state index >= 15 is 0 Å². The number of amides is 1. The molecule has 0 aliphatic carbocycles. The number of aliphatic hydroxyl groups excluding tert-OH is 5. The van der Waals surface area contributed by atoms with Crippen molar-refractivity contribution in [1.82, 2.24) is 5.32 Å². The zero-order valence-electron chi connectivity index (χ0n) is 44.5. The summed E-state index contributed by atoms with van der Waals surface area (Å²) in [4.78, 5) is 13.1. The predicted molar refractivity (Wildman–Crippen MR) is 294 cm³/mol. The van der Waals surface area contributed by atoms with Gasteiger partial charge in [0.25, 0.3) is 0 Å². The van der Waals surface area contributed by atoms with Gasteiger partial charge in [0.1, 0.15) is 24.4 Å². The number of hydrogen-bond donors (Lipinski definition) is 6. The zero-order chi connectivity index (χ0) is 50.8. The third-order valence-electron chi connectivity index (χ3n) is 13.0. The van der Waals surface area contributed by atoms with Crippen LogP contribution in [-0.4, -0.2) is 87.5 Å². The average molecular weight is 981 g/mol. The van der Waals surface area contributed by atoms with Crippen LogP contribution in [0.4, 0.5) is 0 Å². The summed E-state index contributed by atoms with van der Waals surface area (Å²) in [6.07, 6.45) is 64.3. The summed E-state index contributed by atoms with van der Waals surface area (Å²) in [6, 6.07) is -0.729. The molecule has 0 radical (unpaired) electrons. The molecule has 1 saturated heterocycles. The molecule has 0 saturated carbocycles. The van der Waals surface area contributed by atoms with Crippen LogP contribution in [0.5, 0.6) is 0 Å². The van der Waals surface area contributed by atoms with Crippen molar-refractivity contribution in [2.45, 2.75) is 269 Å². The second-order valence-electron chi connectivity index (χ2n) is 19.4. The molecule has 9 heteroatoms. The predicted octanol–water partition coefficient (Wildman–Crippen LogP) is 14.0. The molecule has 0 aromatic heterocycles. The van der Waals surface area contributed by atoms with Crippen molar-refractivity contribution < 1.29 is 39.8 Å². The van der Waals surface area contributed by atoms with Gasteiger partial charge in [-0.2, -0.15) is 0 Å². The smallest absolute Gasteiger partial charge is 0.220 e. The Balaban J connectivity index is 2.19. The third kappa shape index (κ3) is 38.7. The molecular weight excluding hydrogens is 875 g/mol. The van der Waals surface area contributed by atoms with Gasteiger partial charge in [0.15, 0.2) is 6.29 Å². The Morgan fingerprint density at radius 3 is 1.31 bits per heavy atom. The van der Waals surface area contributed by atoms with Gasteiger partial charge in [-0.3, -0.25) is 4.79 Å². The molecule has 1 aliphatic rings.